The topological polar surface area (TPSA) is 119 Å². The Balaban J connectivity index is 2.16. The number of benzene rings is 2. The molecule has 172 valence electrons. The van der Waals surface area contributed by atoms with Crippen LogP contribution in [-0.4, -0.2) is 45.1 Å². The minimum absolute atomic E-state index is 0.00294. The van der Waals surface area contributed by atoms with Gasteiger partial charge in [-0.25, -0.2) is 4.57 Å². The van der Waals surface area contributed by atoms with Gasteiger partial charge in [-0.05, 0) is 31.2 Å². The average Bonchev–Trinajstić information content (AvgIpc) is 3.27. The molecule has 0 bridgehead atoms. The van der Waals surface area contributed by atoms with Gasteiger partial charge in [-0.15, -0.1) is 0 Å². The molecule has 0 amide bonds. The third kappa shape index (κ3) is 4.83. The van der Waals surface area contributed by atoms with Gasteiger partial charge in [-0.2, -0.15) is 0 Å². The average molecular weight is 465 g/mol. The van der Waals surface area contributed by atoms with Crippen molar-refractivity contribution < 1.29 is 42.0 Å². The first-order valence-electron chi connectivity index (χ1n) is 9.47. The van der Waals surface area contributed by atoms with E-state index in [0.29, 0.717) is 45.4 Å². The monoisotopic (exact) mass is 465 g/mol. The second-order valence-electron chi connectivity index (χ2n) is 6.33. The van der Waals surface area contributed by atoms with E-state index in [0.717, 1.165) is 0 Å². The zero-order valence-electron chi connectivity index (χ0n) is 18.3. The molecule has 10 nitrogen and oxygen atoms in total. The highest BCUT2D eigenvalue weighted by Crippen LogP contribution is 2.49. The van der Waals surface area contributed by atoms with E-state index in [-0.39, 0.29) is 12.4 Å². The second-order valence-corrected chi connectivity index (χ2v) is 7.71. The molecular formula is C21H24NO9P. The maximum atomic E-state index is 12.3. The summed E-state index contributed by atoms with van der Waals surface area (Å²) in [5, 5.41) is 4.11. The van der Waals surface area contributed by atoms with Gasteiger partial charge in [0.05, 0.1) is 40.6 Å². The molecule has 3 rings (SSSR count). The Labute approximate surface area is 185 Å². The normalized spacial score (nSPS) is 12.7. The van der Waals surface area contributed by atoms with Crippen LogP contribution in [-0.2, 0) is 9.09 Å². The molecule has 0 radical (unpaired) electrons. The van der Waals surface area contributed by atoms with Crippen molar-refractivity contribution in [2.75, 3.05) is 35.0 Å². The summed E-state index contributed by atoms with van der Waals surface area (Å²) < 4.78 is 49.1. The fourth-order valence-corrected chi connectivity index (χ4v) is 3.87. The minimum atomic E-state index is -4.36. The highest BCUT2D eigenvalue weighted by molar-refractivity contribution is 7.47. The summed E-state index contributed by atoms with van der Waals surface area (Å²) in [6.07, 6.45) is 1.40. The molecule has 32 heavy (non-hydrogen) atoms. The smallest absolute Gasteiger partial charge is 0.497 e. The van der Waals surface area contributed by atoms with E-state index < -0.39 is 7.82 Å². The number of methoxy groups -OCH3 is 4. The lowest BCUT2D eigenvalue weighted by atomic mass is 10.00. The van der Waals surface area contributed by atoms with Crippen molar-refractivity contribution in [3.8, 4) is 51.1 Å². The molecule has 2 aromatic carbocycles. The molecule has 0 saturated carbocycles. The SMILES string of the molecule is CCOP(=O)(O)Oc1cc(OC)ccc1-c1conc1-c1cc(OC)c(OC)c(OC)c1. The number of hydrogen-bond donors (Lipinski definition) is 1. The van der Waals surface area contributed by atoms with E-state index in [1.54, 1.807) is 31.2 Å². The van der Waals surface area contributed by atoms with E-state index >= 15 is 0 Å². The molecule has 0 aliphatic carbocycles. The van der Waals surface area contributed by atoms with Crippen molar-refractivity contribution in [1.29, 1.82) is 0 Å². The number of aromatic nitrogens is 1. The van der Waals surface area contributed by atoms with Crippen LogP contribution >= 0.6 is 7.82 Å². The summed E-state index contributed by atoms with van der Waals surface area (Å²) in [6.45, 7) is 1.58. The predicted octanol–water partition coefficient (Wildman–Crippen LogP) is 4.56. The van der Waals surface area contributed by atoms with Crippen LogP contribution < -0.4 is 23.5 Å². The molecule has 1 unspecified atom stereocenters. The van der Waals surface area contributed by atoms with Gasteiger partial charge in [0.25, 0.3) is 0 Å². The highest BCUT2D eigenvalue weighted by Gasteiger charge is 2.27. The van der Waals surface area contributed by atoms with Gasteiger partial charge >= 0.3 is 7.82 Å². The van der Waals surface area contributed by atoms with Crippen LogP contribution in [0.2, 0.25) is 0 Å². The van der Waals surface area contributed by atoms with Gasteiger partial charge in [-0.1, -0.05) is 5.16 Å². The van der Waals surface area contributed by atoms with Crippen LogP contribution in [0.1, 0.15) is 6.92 Å². The van der Waals surface area contributed by atoms with Crippen molar-refractivity contribution >= 4 is 7.82 Å². The molecule has 3 aromatic rings. The first-order chi connectivity index (χ1) is 15.4. The molecule has 0 fully saturated rings. The van der Waals surface area contributed by atoms with E-state index in [2.05, 4.69) is 5.16 Å². The van der Waals surface area contributed by atoms with Crippen molar-refractivity contribution in [2.45, 2.75) is 6.92 Å². The van der Waals surface area contributed by atoms with Crippen molar-refractivity contribution in [3.05, 3.63) is 36.6 Å². The van der Waals surface area contributed by atoms with Crippen LogP contribution in [0.5, 0.6) is 28.7 Å². The quantitative estimate of drug-likeness (QED) is 0.427. The van der Waals surface area contributed by atoms with Gasteiger partial charge in [0.2, 0.25) is 5.75 Å². The van der Waals surface area contributed by atoms with Crippen LogP contribution in [0.15, 0.2) is 41.1 Å². The summed E-state index contributed by atoms with van der Waals surface area (Å²) in [5.74, 6) is 1.76. The van der Waals surface area contributed by atoms with E-state index in [1.807, 2.05) is 0 Å². The summed E-state index contributed by atoms with van der Waals surface area (Å²) in [6, 6.07) is 8.24. The summed E-state index contributed by atoms with van der Waals surface area (Å²) in [4.78, 5) is 10.0. The second kappa shape index (κ2) is 9.95. The molecule has 11 heteroatoms. The van der Waals surface area contributed by atoms with Crippen LogP contribution in [0, 0.1) is 0 Å². The molecule has 0 aliphatic rings. The Kier molecular flexibility index (Phi) is 7.29. The highest BCUT2D eigenvalue weighted by atomic mass is 31.2. The van der Waals surface area contributed by atoms with E-state index in [9.17, 15) is 9.46 Å². The fourth-order valence-electron chi connectivity index (χ4n) is 3.10. The first-order valence-corrected chi connectivity index (χ1v) is 11.0. The third-order valence-corrected chi connectivity index (χ3v) is 5.50. The molecule has 1 N–H and O–H groups in total. The van der Waals surface area contributed by atoms with Crippen molar-refractivity contribution in [3.63, 3.8) is 0 Å². The predicted molar refractivity (Wildman–Crippen MR) is 116 cm³/mol. The summed E-state index contributed by atoms with van der Waals surface area (Å²) >= 11 is 0. The Morgan fingerprint density at radius 1 is 0.938 bits per heavy atom. The third-order valence-electron chi connectivity index (χ3n) is 4.49. The van der Waals surface area contributed by atoms with Gasteiger partial charge in [0.15, 0.2) is 11.5 Å². The minimum Gasteiger partial charge on any atom is -0.497 e. The van der Waals surface area contributed by atoms with Gasteiger partial charge in [-0.3, -0.25) is 9.42 Å². The summed E-state index contributed by atoms with van der Waals surface area (Å²) in [7, 11) is 1.63. The molecule has 0 aliphatic heterocycles. The Morgan fingerprint density at radius 3 is 2.19 bits per heavy atom. The molecule has 1 atom stereocenters. The standard InChI is InChI=1S/C21H24NO9P/c1-6-30-32(23,24)31-17-11-14(25-2)7-8-15(17)16-12-29-22-20(16)13-9-18(26-3)21(28-5)19(10-13)27-4/h7-12H,6H2,1-5H3,(H,23,24). The van der Waals surface area contributed by atoms with Crippen molar-refractivity contribution in [1.82, 2.24) is 5.16 Å². The van der Waals surface area contributed by atoms with Gasteiger partial charge in [0, 0.05) is 17.2 Å². The molecule has 0 spiro atoms. The summed E-state index contributed by atoms with van der Waals surface area (Å²) in [5.41, 5.74) is 1.95. The molecule has 1 heterocycles. The lowest BCUT2D eigenvalue weighted by Gasteiger charge is -2.16. The van der Waals surface area contributed by atoms with Crippen LogP contribution in [0.3, 0.4) is 0 Å². The maximum absolute atomic E-state index is 12.3. The van der Waals surface area contributed by atoms with E-state index in [1.165, 1.54) is 40.8 Å². The fraction of sp³-hybridized carbons (Fsp3) is 0.286. The number of hydrogen-bond acceptors (Lipinski definition) is 9. The molecule has 0 saturated heterocycles. The lowest BCUT2D eigenvalue weighted by molar-refractivity contribution is 0.213. The van der Waals surface area contributed by atoms with Crippen LogP contribution in [0.25, 0.3) is 22.4 Å². The number of rotatable bonds is 10. The Morgan fingerprint density at radius 2 is 1.62 bits per heavy atom. The Bertz CT molecular complexity index is 1100. The lowest BCUT2D eigenvalue weighted by Crippen LogP contribution is -1.99. The van der Waals surface area contributed by atoms with Gasteiger partial charge < -0.3 is 28.0 Å². The zero-order valence-corrected chi connectivity index (χ0v) is 19.2. The number of nitrogens with zero attached hydrogens (tertiary/aromatic N) is 1. The largest absolute Gasteiger partial charge is 0.527 e. The zero-order chi connectivity index (χ0) is 23.3. The van der Waals surface area contributed by atoms with Crippen molar-refractivity contribution in [2.24, 2.45) is 0 Å². The number of ether oxygens (including phenoxy) is 4. The first kappa shape index (κ1) is 23.5. The molecule has 1 aromatic heterocycles. The maximum Gasteiger partial charge on any atom is 0.527 e. The molecular weight excluding hydrogens is 441 g/mol. The number of phosphoric acid groups is 1. The van der Waals surface area contributed by atoms with Crippen LogP contribution in [0.4, 0.5) is 0 Å². The Hall–Kier alpha value is -3.20. The van der Waals surface area contributed by atoms with Gasteiger partial charge in [0.1, 0.15) is 23.5 Å². The van der Waals surface area contributed by atoms with E-state index in [4.69, 9.17) is 32.5 Å². The number of phosphoric ester groups is 1.